The van der Waals surface area contributed by atoms with Crippen molar-refractivity contribution < 1.29 is 9.53 Å². The highest BCUT2D eigenvalue weighted by Crippen LogP contribution is 2.32. The molecule has 9 heteroatoms. The number of benzene rings is 2. The minimum Gasteiger partial charge on any atom is -0.463 e. The number of nitrogens with zero attached hydrogens (tertiary/aromatic N) is 5. The van der Waals surface area contributed by atoms with Gasteiger partial charge in [-0.1, -0.05) is 23.5 Å². The number of carbonyl (C=O) groups is 1. The molecule has 0 saturated heterocycles. The number of rotatable bonds is 7. The molecule has 3 heterocycles. The van der Waals surface area contributed by atoms with Gasteiger partial charge in [0.2, 0.25) is 0 Å². The lowest BCUT2D eigenvalue weighted by Crippen LogP contribution is -2.40. The molecule has 218 valence electrons. The standard InChI is InChI=1S/C33H37N5O3S/c1-9-41-32(40)29-21(3)34-33-38(30(29)23-10-12-25(13-11-23)35(5)6)31(39)28(42-33)19-24-18-20(2)37(22(24)4)27-16-14-26(15-17-27)36(7)8/h10-19,30H,9H2,1-8H3/b28-19+/t30-/m0/s1. The number of thiazole rings is 1. The molecule has 0 amide bonds. The van der Waals surface area contributed by atoms with Gasteiger partial charge in [0.1, 0.15) is 0 Å². The zero-order chi connectivity index (χ0) is 30.3. The molecule has 1 atom stereocenters. The minimum atomic E-state index is -0.638. The summed E-state index contributed by atoms with van der Waals surface area (Å²) >= 11 is 1.34. The number of hydrogen-bond donors (Lipinski definition) is 0. The van der Waals surface area contributed by atoms with Crippen molar-refractivity contribution in [1.82, 2.24) is 9.13 Å². The summed E-state index contributed by atoms with van der Waals surface area (Å²) in [6.45, 7) is 7.95. The number of aryl methyl sites for hydroxylation is 1. The predicted octanol–water partition coefficient (Wildman–Crippen LogP) is 4.34. The Hall–Kier alpha value is -4.37. The highest BCUT2D eigenvalue weighted by atomic mass is 32.1. The largest absolute Gasteiger partial charge is 0.463 e. The van der Waals surface area contributed by atoms with E-state index >= 15 is 0 Å². The van der Waals surface area contributed by atoms with Gasteiger partial charge in [0.05, 0.1) is 28.5 Å². The van der Waals surface area contributed by atoms with Gasteiger partial charge in [-0.25, -0.2) is 9.79 Å². The average Bonchev–Trinajstić information content (AvgIpc) is 3.41. The van der Waals surface area contributed by atoms with Crippen LogP contribution in [0.3, 0.4) is 0 Å². The van der Waals surface area contributed by atoms with Gasteiger partial charge < -0.3 is 19.1 Å². The van der Waals surface area contributed by atoms with Crippen LogP contribution in [0.2, 0.25) is 0 Å². The van der Waals surface area contributed by atoms with E-state index < -0.39 is 12.0 Å². The molecular formula is C33H37N5O3S. The maximum absolute atomic E-state index is 14.1. The van der Waals surface area contributed by atoms with Crippen LogP contribution in [0.15, 0.2) is 75.7 Å². The summed E-state index contributed by atoms with van der Waals surface area (Å²) in [6, 6.07) is 17.8. The molecule has 42 heavy (non-hydrogen) atoms. The minimum absolute atomic E-state index is 0.185. The van der Waals surface area contributed by atoms with E-state index in [-0.39, 0.29) is 12.2 Å². The lowest BCUT2D eigenvalue weighted by Gasteiger charge is -2.25. The van der Waals surface area contributed by atoms with E-state index in [4.69, 9.17) is 9.73 Å². The second kappa shape index (κ2) is 11.5. The van der Waals surface area contributed by atoms with Crippen molar-refractivity contribution >= 4 is 34.8 Å². The number of esters is 1. The summed E-state index contributed by atoms with van der Waals surface area (Å²) in [5.74, 6) is -0.460. The van der Waals surface area contributed by atoms with E-state index in [0.29, 0.717) is 20.6 Å². The SMILES string of the molecule is CCOC(=O)C1=C(C)N=c2s/c(=C/c3cc(C)n(-c4ccc(N(C)C)cc4)c3C)c(=O)n2[C@H]1c1ccc(N(C)C)cc1. The van der Waals surface area contributed by atoms with Gasteiger partial charge in [-0.15, -0.1) is 0 Å². The highest BCUT2D eigenvalue weighted by molar-refractivity contribution is 7.07. The first kappa shape index (κ1) is 29.1. The number of allylic oxidation sites excluding steroid dienone is 1. The van der Waals surface area contributed by atoms with Crippen molar-refractivity contribution in [3.8, 4) is 5.69 Å². The Morgan fingerprint density at radius 2 is 1.57 bits per heavy atom. The number of anilines is 2. The molecule has 0 fully saturated rings. The Labute approximate surface area is 250 Å². The number of aromatic nitrogens is 2. The molecule has 0 unspecified atom stereocenters. The fourth-order valence-corrected chi connectivity index (χ4v) is 6.47. The van der Waals surface area contributed by atoms with Crippen LogP contribution in [0.25, 0.3) is 11.8 Å². The molecule has 0 spiro atoms. The first-order valence-corrected chi connectivity index (χ1v) is 14.8. The summed E-state index contributed by atoms with van der Waals surface area (Å²) in [5, 5.41) is 0. The Bertz CT molecular complexity index is 1860. The van der Waals surface area contributed by atoms with Gasteiger partial charge in [-0.2, -0.15) is 0 Å². The first-order valence-electron chi connectivity index (χ1n) is 14.0. The van der Waals surface area contributed by atoms with Gasteiger partial charge in [0.25, 0.3) is 5.56 Å². The lowest BCUT2D eigenvalue weighted by atomic mass is 9.95. The monoisotopic (exact) mass is 583 g/mol. The normalized spacial score (nSPS) is 15.0. The number of ether oxygens (including phenoxy) is 1. The topological polar surface area (TPSA) is 72.1 Å². The summed E-state index contributed by atoms with van der Waals surface area (Å²) in [6.07, 6.45) is 1.94. The second-order valence-electron chi connectivity index (χ2n) is 10.9. The summed E-state index contributed by atoms with van der Waals surface area (Å²) in [7, 11) is 8.00. The molecule has 2 aromatic heterocycles. The second-order valence-corrected chi connectivity index (χ2v) is 11.9. The number of carbonyl (C=O) groups excluding carboxylic acids is 1. The van der Waals surface area contributed by atoms with E-state index in [2.05, 4.69) is 53.6 Å². The smallest absolute Gasteiger partial charge is 0.338 e. The zero-order valence-corrected chi connectivity index (χ0v) is 26.2. The Balaban J connectivity index is 1.65. The van der Waals surface area contributed by atoms with E-state index in [1.165, 1.54) is 11.3 Å². The molecule has 0 aliphatic carbocycles. The molecular weight excluding hydrogens is 546 g/mol. The van der Waals surface area contributed by atoms with Crippen LogP contribution in [0.1, 0.15) is 42.4 Å². The van der Waals surface area contributed by atoms with Crippen molar-refractivity contribution in [1.29, 1.82) is 0 Å². The molecule has 5 rings (SSSR count). The third kappa shape index (κ3) is 5.20. The molecule has 0 N–H and O–H groups in total. The van der Waals surface area contributed by atoms with E-state index in [1.54, 1.807) is 18.4 Å². The molecule has 2 aromatic carbocycles. The number of fused-ring (bicyclic) bond motifs is 1. The van der Waals surface area contributed by atoms with Gasteiger partial charge in [0, 0.05) is 56.6 Å². The van der Waals surface area contributed by atoms with Crippen molar-refractivity contribution in [3.05, 3.63) is 108 Å². The lowest BCUT2D eigenvalue weighted by molar-refractivity contribution is -0.139. The molecule has 1 aliphatic heterocycles. The van der Waals surface area contributed by atoms with Crippen LogP contribution in [0, 0.1) is 13.8 Å². The van der Waals surface area contributed by atoms with Crippen molar-refractivity contribution in [2.24, 2.45) is 4.99 Å². The van der Waals surface area contributed by atoms with Crippen LogP contribution >= 0.6 is 11.3 Å². The van der Waals surface area contributed by atoms with E-state index in [1.807, 2.05) is 63.4 Å². The van der Waals surface area contributed by atoms with E-state index in [9.17, 15) is 9.59 Å². The summed E-state index contributed by atoms with van der Waals surface area (Å²) < 4.78 is 9.82. The van der Waals surface area contributed by atoms with Gasteiger partial charge in [0.15, 0.2) is 4.80 Å². The Kier molecular flexibility index (Phi) is 7.97. The van der Waals surface area contributed by atoms with Crippen LogP contribution in [-0.4, -0.2) is 49.9 Å². The van der Waals surface area contributed by atoms with E-state index in [0.717, 1.165) is 39.6 Å². The fourth-order valence-electron chi connectivity index (χ4n) is 5.43. The molecule has 0 bridgehead atoms. The third-order valence-electron chi connectivity index (χ3n) is 7.62. The van der Waals surface area contributed by atoms with Crippen LogP contribution in [0.5, 0.6) is 0 Å². The molecule has 1 aliphatic rings. The average molecular weight is 584 g/mol. The van der Waals surface area contributed by atoms with Crippen LogP contribution in [-0.2, 0) is 9.53 Å². The maximum atomic E-state index is 14.1. The van der Waals surface area contributed by atoms with Gasteiger partial charge >= 0.3 is 5.97 Å². The van der Waals surface area contributed by atoms with Crippen molar-refractivity contribution in [3.63, 3.8) is 0 Å². The summed E-state index contributed by atoms with van der Waals surface area (Å²) in [4.78, 5) is 36.6. The fraction of sp³-hybridized carbons (Fsp3) is 0.303. The molecule has 4 aromatic rings. The highest BCUT2D eigenvalue weighted by Gasteiger charge is 2.33. The Morgan fingerprint density at radius 1 is 0.976 bits per heavy atom. The molecule has 8 nitrogen and oxygen atoms in total. The van der Waals surface area contributed by atoms with Crippen molar-refractivity contribution in [2.45, 2.75) is 33.7 Å². The van der Waals surface area contributed by atoms with Gasteiger partial charge in [-0.3, -0.25) is 9.36 Å². The maximum Gasteiger partial charge on any atom is 0.338 e. The first-order chi connectivity index (χ1) is 20.0. The van der Waals surface area contributed by atoms with Crippen molar-refractivity contribution in [2.75, 3.05) is 44.6 Å². The molecule has 0 saturated carbocycles. The third-order valence-corrected chi connectivity index (χ3v) is 8.61. The predicted molar refractivity (Wildman–Crippen MR) is 171 cm³/mol. The van der Waals surface area contributed by atoms with Crippen LogP contribution in [0.4, 0.5) is 11.4 Å². The summed E-state index contributed by atoms with van der Waals surface area (Å²) in [5.41, 5.74) is 7.87. The Morgan fingerprint density at radius 3 is 2.14 bits per heavy atom. The van der Waals surface area contributed by atoms with Gasteiger partial charge in [-0.05, 0) is 87.4 Å². The molecule has 0 radical (unpaired) electrons. The number of hydrogen-bond acceptors (Lipinski definition) is 7. The quantitative estimate of drug-likeness (QED) is 0.303. The van der Waals surface area contributed by atoms with Crippen LogP contribution < -0.4 is 24.7 Å². The zero-order valence-electron chi connectivity index (χ0n) is 25.4.